The Morgan fingerprint density at radius 1 is 1.37 bits per heavy atom. The predicted octanol–water partition coefficient (Wildman–Crippen LogP) is 1.73. The monoisotopic (exact) mass is 279 g/mol. The Morgan fingerprint density at radius 3 is 2.68 bits per heavy atom. The van der Waals surface area contributed by atoms with Crippen LogP contribution in [-0.2, 0) is 11.2 Å². The van der Waals surface area contributed by atoms with E-state index >= 15 is 0 Å². The molecule has 1 heterocycles. The van der Waals surface area contributed by atoms with Crippen molar-refractivity contribution in [2.45, 2.75) is 45.1 Å². The lowest BCUT2D eigenvalue weighted by molar-refractivity contribution is -0.118. The number of amides is 1. The van der Waals surface area contributed by atoms with Gasteiger partial charge in [0, 0.05) is 6.42 Å². The van der Waals surface area contributed by atoms with E-state index < -0.39 is 5.54 Å². The summed E-state index contributed by atoms with van der Waals surface area (Å²) >= 11 is 1.27. The van der Waals surface area contributed by atoms with Crippen LogP contribution in [0.2, 0.25) is 0 Å². The molecule has 102 valence electrons. The molecule has 0 aliphatic heterocycles. The fourth-order valence-corrected chi connectivity index (χ4v) is 3.27. The lowest BCUT2D eigenvalue weighted by Crippen LogP contribution is -2.37. The second-order valence-electron chi connectivity index (χ2n) is 6.35. The Bertz CT molecular complexity index is 572. The van der Waals surface area contributed by atoms with E-state index in [0.717, 1.165) is 25.0 Å². The van der Waals surface area contributed by atoms with Crippen molar-refractivity contribution in [1.29, 1.82) is 0 Å². The van der Waals surface area contributed by atoms with Gasteiger partial charge in [0.15, 0.2) is 10.9 Å². The molecule has 0 atom stereocenters. The number of carbonyl (C=O) groups is 2. The number of ketones is 1. The largest absolute Gasteiger partial charge is 0.317 e. The van der Waals surface area contributed by atoms with Gasteiger partial charge in [0.2, 0.25) is 5.91 Å². The minimum atomic E-state index is -0.713. The molecule has 1 saturated carbocycles. The molecular formula is C13H17N3O2S. The zero-order valence-electron chi connectivity index (χ0n) is 11.1. The van der Waals surface area contributed by atoms with E-state index in [1.54, 1.807) is 0 Å². The molecule has 0 bridgehead atoms. The number of carbonyl (C=O) groups excluding carboxylic acids is 2. The van der Waals surface area contributed by atoms with Crippen LogP contribution in [0.3, 0.4) is 0 Å². The van der Waals surface area contributed by atoms with Crippen LogP contribution >= 0.6 is 11.3 Å². The smallest absolute Gasteiger partial charge is 0.246 e. The van der Waals surface area contributed by atoms with Gasteiger partial charge in [-0.05, 0) is 24.7 Å². The van der Waals surface area contributed by atoms with Gasteiger partial charge < -0.3 is 11.1 Å². The Labute approximate surface area is 115 Å². The van der Waals surface area contributed by atoms with E-state index in [2.05, 4.69) is 24.1 Å². The Hall–Kier alpha value is -1.27. The normalized spacial score (nSPS) is 22.8. The van der Waals surface area contributed by atoms with E-state index in [4.69, 9.17) is 5.73 Å². The predicted molar refractivity (Wildman–Crippen MR) is 73.3 cm³/mol. The van der Waals surface area contributed by atoms with Gasteiger partial charge in [-0.15, -0.1) is 0 Å². The summed E-state index contributed by atoms with van der Waals surface area (Å²) in [6, 6.07) is 0. The molecule has 5 nitrogen and oxygen atoms in total. The van der Waals surface area contributed by atoms with Gasteiger partial charge in [-0.2, -0.15) is 0 Å². The SMILES string of the molecule is CC1(C)CC(=O)c2sc(NC(=O)C3(N)CC3)nc2C1. The highest BCUT2D eigenvalue weighted by Crippen LogP contribution is 2.39. The Morgan fingerprint density at radius 2 is 2.05 bits per heavy atom. The van der Waals surface area contributed by atoms with Crippen LogP contribution in [0, 0.1) is 5.41 Å². The molecular weight excluding hydrogens is 262 g/mol. The summed E-state index contributed by atoms with van der Waals surface area (Å²) in [5, 5.41) is 3.24. The zero-order valence-corrected chi connectivity index (χ0v) is 11.9. The number of aromatic nitrogens is 1. The average molecular weight is 279 g/mol. The first-order chi connectivity index (χ1) is 8.79. The fourth-order valence-electron chi connectivity index (χ4n) is 2.36. The van der Waals surface area contributed by atoms with Gasteiger partial charge in [0.1, 0.15) is 0 Å². The summed E-state index contributed by atoms with van der Waals surface area (Å²) in [7, 11) is 0. The molecule has 19 heavy (non-hydrogen) atoms. The number of fused-ring (bicyclic) bond motifs is 1. The standard InChI is InChI=1S/C13H17N3O2S/c1-12(2)5-7-9(8(17)6-12)19-11(15-7)16-10(18)13(14)3-4-13/h3-6,14H2,1-2H3,(H,15,16,18). The summed E-state index contributed by atoms with van der Waals surface area (Å²) in [4.78, 5) is 29.0. The first-order valence-electron chi connectivity index (χ1n) is 6.42. The van der Waals surface area contributed by atoms with Gasteiger partial charge in [-0.25, -0.2) is 4.98 Å². The molecule has 0 aromatic carbocycles. The highest BCUT2D eigenvalue weighted by molar-refractivity contribution is 7.17. The number of thiazole rings is 1. The molecule has 6 heteroatoms. The molecule has 1 aromatic rings. The first-order valence-corrected chi connectivity index (χ1v) is 7.24. The third kappa shape index (κ3) is 2.30. The number of nitrogens with zero attached hydrogens (tertiary/aromatic N) is 1. The molecule has 0 saturated heterocycles. The van der Waals surface area contributed by atoms with Crippen molar-refractivity contribution in [3.05, 3.63) is 10.6 Å². The van der Waals surface area contributed by atoms with Crippen molar-refractivity contribution in [3.8, 4) is 0 Å². The van der Waals surface area contributed by atoms with Crippen molar-refractivity contribution in [2.75, 3.05) is 5.32 Å². The third-order valence-electron chi connectivity index (χ3n) is 3.70. The summed E-state index contributed by atoms with van der Waals surface area (Å²) in [6.45, 7) is 4.12. The Kier molecular flexibility index (Phi) is 2.59. The fraction of sp³-hybridized carbons (Fsp3) is 0.615. The third-order valence-corrected chi connectivity index (χ3v) is 4.75. The molecule has 1 aromatic heterocycles. The van der Waals surface area contributed by atoms with Crippen LogP contribution in [0.1, 0.15) is 48.5 Å². The van der Waals surface area contributed by atoms with Gasteiger partial charge in [-0.3, -0.25) is 9.59 Å². The molecule has 2 aliphatic rings. The maximum absolute atomic E-state index is 12.0. The lowest BCUT2D eigenvalue weighted by atomic mass is 9.78. The topological polar surface area (TPSA) is 85.1 Å². The van der Waals surface area contributed by atoms with Crippen LogP contribution in [0.4, 0.5) is 5.13 Å². The Balaban J connectivity index is 1.83. The average Bonchev–Trinajstić information content (AvgIpc) is 2.89. The number of hydrogen-bond acceptors (Lipinski definition) is 5. The minimum absolute atomic E-state index is 0.0506. The second kappa shape index (κ2) is 3.86. The van der Waals surface area contributed by atoms with Crippen molar-refractivity contribution in [1.82, 2.24) is 4.98 Å². The summed E-state index contributed by atoms with van der Waals surface area (Å²) in [6.07, 6.45) is 2.75. The summed E-state index contributed by atoms with van der Waals surface area (Å²) < 4.78 is 0. The van der Waals surface area contributed by atoms with Crippen molar-refractivity contribution >= 4 is 28.2 Å². The zero-order chi connectivity index (χ0) is 13.8. The molecule has 3 rings (SSSR count). The molecule has 0 spiro atoms. The van der Waals surface area contributed by atoms with Gasteiger partial charge >= 0.3 is 0 Å². The molecule has 3 N–H and O–H groups in total. The van der Waals surface area contributed by atoms with E-state index in [1.165, 1.54) is 11.3 Å². The van der Waals surface area contributed by atoms with Crippen LogP contribution in [0.5, 0.6) is 0 Å². The molecule has 1 amide bonds. The van der Waals surface area contributed by atoms with Gasteiger partial charge in [0.05, 0.1) is 16.1 Å². The highest BCUT2D eigenvalue weighted by Gasteiger charge is 2.46. The van der Waals surface area contributed by atoms with Crippen LogP contribution in [0.15, 0.2) is 0 Å². The maximum atomic E-state index is 12.0. The van der Waals surface area contributed by atoms with E-state index in [0.29, 0.717) is 16.4 Å². The number of nitrogens with one attached hydrogen (secondary N) is 1. The molecule has 0 radical (unpaired) electrons. The van der Waals surface area contributed by atoms with Crippen LogP contribution < -0.4 is 11.1 Å². The van der Waals surface area contributed by atoms with Gasteiger partial charge in [0.25, 0.3) is 0 Å². The quantitative estimate of drug-likeness (QED) is 0.863. The number of anilines is 1. The maximum Gasteiger partial charge on any atom is 0.246 e. The number of nitrogens with two attached hydrogens (primary N) is 1. The molecule has 1 fully saturated rings. The number of Topliss-reactive ketones (excluding diaryl/α,β-unsaturated/α-hetero) is 1. The lowest BCUT2D eigenvalue weighted by Gasteiger charge is -2.26. The number of rotatable bonds is 2. The second-order valence-corrected chi connectivity index (χ2v) is 7.35. The molecule has 2 aliphatic carbocycles. The van der Waals surface area contributed by atoms with Crippen molar-refractivity contribution < 1.29 is 9.59 Å². The van der Waals surface area contributed by atoms with Gasteiger partial charge in [-0.1, -0.05) is 25.2 Å². The van der Waals surface area contributed by atoms with E-state index in [9.17, 15) is 9.59 Å². The van der Waals surface area contributed by atoms with Crippen LogP contribution in [-0.4, -0.2) is 22.2 Å². The van der Waals surface area contributed by atoms with E-state index in [-0.39, 0.29) is 17.1 Å². The minimum Gasteiger partial charge on any atom is -0.317 e. The van der Waals surface area contributed by atoms with Crippen molar-refractivity contribution in [2.24, 2.45) is 11.1 Å². The highest BCUT2D eigenvalue weighted by atomic mass is 32.1. The first kappa shape index (κ1) is 12.7. The van der Waals surface area contributed by atoms with Crippen molar-refractivity contribution in [3.63, 3.8) is 0 Å². The van der Waals surface area contributed by atoms with E-state index in [1.807, 2.05) is 0 Å². The summed E-state index contributed by atoms with van der Waals surface area (Å²) in [5.41, 5.74) is 5.87. The number of hydrogen-bond donors (Lipinski definition) is 2. The van der Waals surface area contributed by atoms with Crippen LogP contribution in [0.25, 0.3) is 0 Å². The molecule has 0 unspecified atom stereocenters. The summed E-state index contributed by atoms with van der Waals surface area (Å²) in [5.74, 6) is -0.0663.